The summed E-state index contributed by atoms with van der Waals surface area (Å²) in [4.78, 5) is 27.9. The van der Waals surface area contributed by atoms with Crippen molar-refractivity contribution in [2.24, 2.45) is 5.73 Å². The second-order valence-corrected chi connectivity index (χ2v) is 6.37. The van der Waals surface area contributed by atoms with Gasteiger partial charge < -0.3 is 20.3 Å². The van der Waals surface area contributed by atoms with Gasteiger partial charge in [0.1, 0.15) is 0 Å². The van der Waals surface area contributed by atoms with Gasteiger partial charge in [-0.1, -0.05) is 18.2 Å². The van der Waals surface area contributed by atoms with E-state index in [-0.39, 0.29) is 12.5 Å². The van der Waals surface area contributed by atoms with Gasteiger partial charge in [-0.05, 0) is 25.0 Å². The molecule has 1 aromatic rings. The number of amides is 2. The van der Waals surface area contributed by atoms with Gasteiger partial charge in [-0.15, -0.1) is 0 Å². The summed E-state index contributed by atoms with van der Waals surface area (Å²) in [6.45, 7) is 4.38. The predicted molar refractivity (Wildman–Crippen MR) is 87.1 cm³/mol. The summed E-state index contributed by atoms with van der Waals surface area (Å²) in [5.74, 6) is -0.478. The molecular weight excluding hydrogens is 294 g/mol. The highest BCUT2D eigenvalue weighted by molar-refractivity contribution is 5.85. The van der Waals surface area contributed by atoms with E-state index in [0.29, 0.717) is 26.1 Å². The van der Waals surface area contributed by atoms with Crippen molar-refractivity contribution in [3.05, 3.63) is 29.8 Å². The molecule has 0 aliphatic carbocycles. The van der Waals surface area contributed by atoms with E-state index in [0.717, 1.165) is 13.0 Å². The summed E-state index contributed by atoms with van der Waals surface area (Å²) in [6, 6.07) is 8.31. The number of nitrogens with zero attached hydrogens (tertiary/aromatic N) is 2. The molecule has 1 atom stereocenters. The van der Waals surface area contributed by atoms with Crippen LogP contribution in [-0.4, -0.2) is 55.1 Å². The summed E-state index contributed by atoms with van der Waals surface area (Å²) in [5.41, 5.74) is 6.87. The Morgan fingerprint density at radius 3 is 2.87 bits per heavy atom. The van der Waals surface area contributed by atoms with E-state index >= 15 is 0 Å². The van der Waals surface area contributed by atoms with Crippen molar-refractivity contribution in [1.29, 1.82) is 0 Å². The monoisotopic (exact) mass is 317 g/mol. The quantitative estimate of drug-likeness (QED) is 0.879. The van der Waals surface area contributed by atoms with Crippen LogP contribution in [0.3, 0.4) is 0 Å². The molecule has 0 spiro atoms. The number of nitrogens with two attached hydrogens (primary N) is 1. The van der Waals surface area contributed by atoms with E-state index in [9.17, 15) is 9.59 Å². The molecule has 6 nitrogen and oxygen atoms in total. The first-order chi connectivity index (χ1) is 11.0. The highest BCUT2D eigenvalue weighted by Gasteiger charge is 2.39. The molecule has 1 aromatic carbocycles. The van der Waals surface area contributed by atoms with Gasteiger partial charge in [-0.25, -0.2) is 0 Å². The fraction of sp³-hybridized carbons (Fsp3) is 0.529. The van der Waals surface area contributed by atoms with Gasteiger partial charge in [0, 0.05) is 31.7 Å². The van der Waals surface area contributed by atoms with Crippen LogP contribution in [0.4, 0.5) is 5.69 Å². The molecule has 0 aromatic heterocycles. The Hall–Kier alpha value is -2.08. The zero-order valence-electron chi connectivity index (χ0n) is 13.5. The maximum Gasteiger partial charge on any atom is 0.251 e. The van der Waals surface area contributed by atoms with Crippen LogP contribution in [0, 0.1) is 0 Å². The molecule has 2 heterocycles. The number of ether oxygens (including phenoxy) is 1. The van der Waals surface area contributed by atoms with Crippen LogP contribution < -0.4 is 10.6 Å². The van der Waals surface area contributed by atoms with Crippen molar-refractivity contribution in [3.63, 3.8) is 0 Å². The number of fused-ring (bicyclic) bond motifs is 1. The van der Waals surface area contributed by atoms with Gasteiger partial charge in [-0.2, -0.15) is 0 Å². The molecule has 124 valence electrons. The predicted octanol–water partition coefficient (Wildman–Crippen LogP) is 0.542. The van der Waals surface area contributed by atoms with Crippen LogP contribution in [0.5, 0.6) is 0 Å². The lowest BCUT2D eigenvalue weighted by Crippen LogP contribution is -2.58. The molecule has 0 radical (unpaired) electrons. The maximum absolute atomic E-state index is 12.5. The number of carbonyl (C=O) groups excluding carboxylic acids is 2. The van der Waals surface area contributed by atoms with E-state index in [2.05, 4.69) is 17.0 Å². The van der Waals surface area contributed by atoms with E-state index in [1.54, 1.807) is 11.8 Å². The molecule has 1 fully saturated rings. The van der Waals surface area contributed by atoms with Gasteiger partial charge >= 0.3 is 0 Å². The Kier molecular flexibility index (Phi) is 4.26. The average molecular weight is 317 g/mol. The van der Waals surface area contributed by atoms with Crippen molar-refractivity contribution >= 4 is 17.5 Å². The van der Waals surface area contributed by atoms with Gasteiger partial charge in [0.2, 0.25) is 5.91 Å². The maximum atomic E-state index is 12.5. The van der Waals surface area contributed by atoms with Crippen LogP contribution in [0.2, 0.25) is 0 Å². The molecular formula is C17H23N3O3. The van der Waals surface area contributed by atoms with Crippen LogP contribution in [0.1, 0.15) is 18.9 Å². The minimum Gasteiger partial charge on any atom is -0.370 e. The zero-order valence-corrected chi connectivity index (χ0v) is 13.5. The number of primary amides is 1. The summed E-state index contributed by atoms with van der Waals surface area (Å²) in [5, 5.41) is 0. The molecule has 2 aliphatic rings. The van der Waals surface area contributed by atoms with Crippen LogP contribution in [0.15, 0.2) is 24.3 Å². The number of morpholine rings is 1. The molecule has 23 heavy (non-hydrogen) atoms. The Bertz CT molecular complexity index is 619. The van der Waals surface area contributed by atoms with Gasteiger partial charge in [0.15, 0.2) is 5.60 Å². The Balaban J connectivity index is 1.57. The van der Waals surface area contributed by atoms with Crippen LogP contribution in [-0.2, 0) is 20.7 Å². The third-order valence-corrected chi connectivity index (χ3v) is 4.73. The van der Waals surface area contributed by atoms with Gasteiger partial charge in [-0.3, -0.25) is 9.59 Å². The molecule has 6 heteroatoms. The fourth-order valence-electron chi connectivity index (χ4n) is 3.26. The number of hydrogen-bond donors (Lipinski definition) is 1. The summed E-state index contributed by atoms with van der Waals surface area (Å²) in [7, 11) is 0. The summed E-state index contributed by atoms with van der Waals surface area (Å²) < 4.78 is 5.45. The minimum atomic E-state index is -1.08. The van der Waals surface area contributed by atoms with E-state index in [1.807, 2.05) is 12.1 Å². The van der Waals surface area contributed by atoms with Crippen molar-refractivity contribution in [1.82, 2.24) is 4.90 Å². The van der Waals surface area contributed by atoms with Crippen molar-refractivity contribution < 1.29 is 14.3 Å². The van der Waals surface area contributed by atoms with E-state index in [1.165, 1.54) is 11.3 Å². The smallest absolute Gasteiger partial charge is 0.251 e. The first-order valence-corrected chi connectivity index (χ1v) is 8.04. The third kappa shape index (κ3) is 3.17. The number of anilines is 1. The second-order valence-electron chi connectivity index (χ2n) is 6.37. The molecule has 0 bridgehead atoms. The highest BCUT2D eigenvalue weighted by Crippen LogP contribution is 2.27. The first-order valence-electron chi connectivity index (χ1n) is 8.04. The van der Waals surface area contributed by atoms with Crippen LogP contribution in [0.25, 0.3) is 0 Å². The van der Waals surface area contributed by atoms with E-state index in [4.69, 9.17) is 10.5 Å². The van der Waals surface area contributed by atoms with Crippen molar-refractivity contribution in [3.8, 4) is 0 Å². The third-order valence-electron chi connectivity index (χ3n) is 4.73. The fourth-order valence-corrected chi connectivity index (χ4v) is 3.26. The zero-order chi connectivity index (χ0) is 16.4. The van der Waals surface area contributed by atoms with Gasteiger partial charge in [0.25, 0.3) is 5.91 Å². The first kappa shape index (κ1) is 15.8. The minimum absolute atomic E-state index is 0.0464. The average Bonchev–Trinajstić information content (AvgIpc) is 2.96. The Labute approximate surface area is 136 Å². The molecule has 2 amide bonds. The SMILES string of the molecule is CC1(C(N)=O)CN(C(=O)CCN2CCc3ccccc32)CCO1. The van der Waals surface area contributed by atoms with Gasteiger partial charge in [0.05, 0.1) is 13.2 Å². The lowest BCUT2D eigenvalue weighted by atomic mass is 10.0. The summed E-state index contributed by atoms with van der Waals surface area (Å²) >= 11 is 0. The van der Waals surface area contributed by atoms with E-state index < -0.39 is 11.5 Å². The normalized spacial score (nSPS) is 23.7. The Morgan fingerprint density at radius 1 is 1.30 bits per heavy atom. The molecule has 0 saturated carbocycles. The molecule has 1 unspecified atom stereocenters. The highest BCUT2D eigenvalue weighted by atomic mass is 16.5. The molecule has 3 rings (SSSR count). The number of para-hydroxylation sites is 1. The largest absolute Gasteiger partial charge is 0.370 e. The topological polar surface area (TPSA) is 75.9 Å². The number of rotatable bonds is 4. The number of benzene rings is 1. The standard InChI is InChI=1S/C17H23N3O3/c1-17(16(18)22)12-20(10-11-23-17)15(21)7-9-19-8-6-13-4-2-3-5-14(13)19/h2-5H,6-12H2,1H3,(H2,18,22). The summed E-state index contributed by atoms with van der Waals surface area (Å²) in [6.07, 6.45) is 1.46. The number of carbonyl (C=O) groups is 2. The molecule has 2 aliphatic heterocycles. The van der Waals surface area contributed by atoms with Crippen molar-refractivity contribution in [2.45, 2.75) is 25.4 Å². The molecule has 1 saturated heterocycles. The second kappa shape index (κ2) is 6.20. The lowest BCUT2D eigenvalue weighted by Gasteiger charge is -2.38. The Morgan fingerprint density at radius 2 is 2.09 bits per heavy atom. The number of hydrogen-bond acceptors (Lipinski definition) is 4. The molecule has 2 N–H and O–H groups in total. The van der Waals surface area contributed by atoms with Crippen molar-refractivity contribution in [2.75, 3.05) is 37.7 Å². The van der Waals surface area contributed by atoms with Crippen LogP contribution >= 0.6 is 0 Å². The lowest BCUT2D eigenvalue weighted by molar-refractivity contribution is -0.160.